The Morgan fingerprint density at radius 3 is 2.51 bits per heavy atom. The van der Waals surface area contributed by atoms with E-state index in [1.807, 2.05) is 48.7 Å². The van der Waals surface area contributed by atoms with Crippen LogP contribution in [0, 0.1) is 6.92 Å². The van der Waals surface area contributed by atoms with E-state index in [2.05, 4.69) is 49.5 Å². The van der Waals surface area contributed by atoms with Crippen molar-refractivity contribution in [2.45, 2.75) is 6.92 Å². The first-order valence-electron chi connectivity index (χ1n) is 10.7. The summed E-state index contributed by atoms with van der Waals surface area (Å²) in [5.74, 6) is 0.762. The maximum Gasteiger partial charge on any atom is 0.159 e. The molecule has 0 unspecified atom stereocenters. The summed E-state index contributed by atoms with van der Waals surface area (Å²) in [5, 5.41) is 14.0. The van der Waals surface area contributed by atoms with Crippen LogP contribution in [0.1, 0.15) is 5.56 Å². The zero-order valence-electron chi connectivity index (χ0n) is 18.8. The number of hydrogen-bond acceptors (Lipinski definition) is 7. The molecule has 35 heavy (non-hydrogen) atoms. The summed E-state index contributed by atoms with van der Waals surface area (Å²) in [6.07, 6.45) is 6.90. The zero-order valence-corrected chi connectivity index (χ0v) is 19.6. The van der Waals surface area contributed by atoms with E-state index in [-0.39, 0.29) is 6.15 Å². The van der Waals surface area contributed by atoms with Gasteiger partial charge in [-0.15, -0.1) is 0 Å². The number of aromatic nitrogens is 6. The highest BCUT2D eigenvalue weighted by Crippen LogP contribution is 2.39. The molecule has 0 bridgehead atoms. The predicted octanol–water partition coefficient (Wildman–Crippen LogP) is 6.50. The highest BCUT2D eigenvalue weighted by atomic mass is 35.5. The van der Waals surface area contributed by atoms with Gasteiger partial charge in [0.15, 0.2) is 5.65 Å². The molecular formula is C26H21ClN8. The van der Waals surface area contributed by atoms with E-state index in [1.165, 1.54) is 0 Å². The summed E-state index contributed by atoms with van der Waals surface area (Å²) in [6, 6.07) is 17.7. The summed E-state index contributed by atoms with van der Waals surface area (Å²) in [4.78, 5) is 18.3. The van der Waals surface area contributed by atoms with Gasteiger partial charge in [0.25, 0.3) is 0 Å². The van der Waals surface area contributed by atoms with Gasteiger partial charge >= 0.3 is 0 Å². The molecule has 0 fully saturated rings. The molecule has 0 saturated heterocycles. The van der Waals surface area contributed by atoms with Gasteiger partial charge in [-0.05, 0) is 60.3 Å². The summed E-state index contributed by atoms with van der Waals surface area (Å²) < 4.78 is 0. The van der Waals surface area contributed by atoms with Crippen molar-refractivity contribution in [3.63, 3.8) is 0 Å². The van der Waals surface area contributed by atoms with E-state index < -0.39 is 0 Å². The molecule has 9 heteroatoms. The number of benzene rings is 2. The fourth-order valence-corrected chi connectivity index (χ4v) is 4.35. The molecule has 6 rings (SSSR count). The first-order chi connectivity index (χ1) is 16.7. The Hall–Kier alpha value is -4.40. The van der Waals surface area contributed by atoms with Crippen LogP contribution in [-0.4, -0.2) is 30.1 Å². The summed E-state index contributed by atoms with van der Waals surface area (Å²) in [5.41, 5.74) is 6.28. The van der Waals surface area contributed by atoms with Gasteiger partial charge in [0.1, 0.15) is 12.1 Å². The van der Waals surface area contributed by atoms with Crippen LogP contribution >= 0.6 is 11.6 Å². The third kappa shape index (κ3) is 3.95. The molecule has 0 amide bonds. The molecule has 6 aromatic rings. The Labute approximate surface area is 206 Å². The molecular weight excluding hydrogens is 460 g/mol. The van der Waals surface area contributed by atoms with Crippen molar-refractivity contribution in [3.05, 3.63) is 90.1 Å². The van der Waals surface area contributed by atoms with Crippen molar-refractivity contribution in [1.29, 1.82) is 0 Å². The maximum absolute atomic E-state index is 6.04. The third-order valence-electron chi connectivity index (χ3n) is 5.81. The average Bonchev–Trinajstić information content (AvgIpc) is 3.35. The van der Waals surface area contributed by atoms with Gasteiger partial charge in [0, 0.05) is 39.6 Å². The van der Waals surface area contributed by atoms with Crippen molar-refractivity contribution in [2.24, 2.45) is 0 Å². The van der Waals surface area contributed by atoms with Gasteiger partial charge in [0.2, 0.25) is 0 Å². The predicted molar refractivity (Wildman–Crippen MR) is 140 cm³/mol. The van der Waals surface area contributed by atoms with Gasteiger partial charge in [-0.25, -0.2) is 15.0 Å². The van der Waals surface area contributed by atoms with Crippen LogP contribution in [0.25, 0.3) is 44.3 Å². The number of nitrogens with zero attached hydrogens (tertiary/aromatic N) is 5. The standard InChI is InChI=1S/C26H18ClN7.H3N/c1-15-4-9-19-18(10-12-29-25(19)33-17-7-5-16(27)6-8-17)22(15)24-20(3-2-11-28-24)23-21-13-32-34-26(21)31-14-30-23;/h2-14H,1H3,(H,29,33)(H,30,31,32,34);1H3. The number of fused-ring (bicyclic) bond motifs is 2. The van der Waals surface area contributed by atoms with E-state index >= 15 is 0 Å². The number of H-pyrrole nitrogens is 1. The smallest absolute Gasteiger partial charge is 0.159 e. The van der Waals surface area contributed by atoms with Crippen LogP contribution in [0.15, 0.2) is 79.5 Å². The van der Waals surface area contributed by atoms with Crippen molar-refractivity contribution in [2.75, 3.05) is 5.32 Å². The third-order valence-corrected chi connectivity index (χ3v) is 6.06. The molecule has 0 radical (unpaired) electrons. The second-order valence-electron chi connectivity index (χ2n) is 7.90. The lowest BCUT2D eigenvalue weighted by Gasteiger charge is -2.16. The molecule has 2 aromatic carbocycles. The highest BCUT2D eigenvalue weighted by molar-refractivity contribution is 6.30. The van der Waals surface area contributed by atoms with Gasteiger partial charge < -0.3 is 11.5 Å². The van der Waals surface area contributed by atoms with Crippen LogP contribution in [0.3, 0.4) is 0 Å². The Morgan fingerprint density at radius 2 is 1.66 bits per heavy atom. The Bertz CT molecular complexity index is 1660. The molecule has 0 aliphatic heterocycles. The molecule has 0 atom stereocenters. The molecule has 0 aliphatic rings. The largest absolute Gasteiger partial charge is 0.344 e. The minimum absolute atomic E-state index is 0. The Kier molecular flexibility index (Phi) is 5.82. The molecule has 4 aromatic heterocycles. The van der Waals surface area contributed by atoms with E-state index in [9.17, 15) is 0 Å². The normalized spacial score (nSPS) is 10.9. The second-order valence-corrected chi connectivity index (χ2v) is 8.33. The lowest BCUT2D eigenvalue weighted by atomic mass is 9.93. The minimum atomic E-state index is 0. The van der Waals surface area contributed by atoms with Crippen LogP contribution in [0.2, 0.25) is 5.02 Å². The van der Waals surface area contributed by atoms with Crippen LogP contribution in [0.5, 0.6) is 0 Å². The van der Waals surface area contributed by atoms with E-state index in [4.69, 9.17) is 16.6 Å². The number of halogens is 1. The fourth-order valence-electron chi connectivity index (χ4n) is 4.22. The summed E-state index contributed by atoms with van der Waals surface area (Å²) in [6.45, 7) is 2.09. The molecule has 8 nitrogen and oxygen atoms in total. The van der Waals surface area contributed by atoms with Gasteiger partial charge in [0.05, 0.1) is 23.0 Å². The lowest BCUT2D eigenvalue weighted by Crippen LogP contribution is -1.98. The molecule has 172 valence electrons. The SMILES string of the molecule is Cc1ccc2c(Nc3ccc(Cl)cc3)nccc2c1-c1ncccc1-c1ncnc2[nH]ncc12.N. The number of hydrogen-bond donors (Lipinski definition) is 3. The average molecular weight is 481 g/mol. The Balaban J connectivity index is 0.00000253. The van der Waals surface area contributed by atoms with Crippen molar-refractivity contribution in [3.8, 4) is 22.5 Å². The van der Waals surface area contributed by atoms with Gasteiger partial charge in [-0.1, -0.05) is 23.7 Å². The zero-order chi connectivity index (χ0) is 23.1. The Morgan fingerprint density at radius 1 is 0.800 bits per heavy atom. The molecule has 5 N–H and O–H groups in total. The first-order valence-corrected chi connectivity index (χ1v) is 11.1. The topological polar surface area (TPSA) is 127 Å². The number of aromatic amines is 1. The van der Waals surface area contributed by atoms with E-state index in [0.717, 1.165) is 55.7 Å². The number of aryl methyl sites for hydroxylation is 1. The molecule has 0 saturated carbocycles. The summed E-state index contributed by atoms with van der Waals surface area (Å²) in [7, 11) is 0. The molecule has 4 heterocycles. The van der Waals surface area contributed by atoms with Gasteiger partial charge in [-0.3, -0.25) is 10.1 Å². The van der Waals surface area contributed by atoms with E-state index in [0.29, 0.717) is 10.7 Å². The minimum Gasteiger partial charge on any atom is -0.344 e. The number of rotatable bonds is 4. The van der Waals surface area contributed by atoms with Crippen molar-refractivity contribution >= 4 is 44.9 Å². The first kappa shape index (κ1) is 22.4. The fraction of sp³-hybridized carbons (Fsp3) is 0.0385. The van der Waals surface area contributed by atoms with Crippen molar-refractivity contribution in [1.82, 2.24) is 36.3 Å². The lowest BCUT2D eigenvalue weighted by molar-refractivity contribution is 1.09. The number of anilines is 2. The van der Waals surface area contributed by atoms with Crippen LogP contribution < -0.4 is 11.5 Å². The molecule has 0 spiro atoms. The van der Waals surface area contributed by atoms with Crippen LogP contribution in [-0.2, 0) is 0 Å². The van der Waals surface area contributed by atoms with Gasteiger partial charge in [-0.2, -0.15) is 5.10 Å². The maximum atomic E-state index is 6.04. The summed E-state index contributed by atoms with van der Waals surface area (Å²) >= 11 is 6.04. The van der Waals surface area contributed by atoms with Crippen molar-refractivity contribution < 1.29 is 0 Å². The monoisotopic (exact) mass is 480 g/mol. The second kappa shape index (κ2) is 9.09. The van der Waals surface area contributed by atoms with E-state index in [1.54, 1.807) is 18.7 Å². The molecule has 0 aliphatic carbocycles. The highest BCUT2D eigenvalue weighted by Gasteiger charge is 2.18. The number of nitrogens with one attached hydrogen (secondary N) is 2. The number of pyridine rings is 2. The van der Waals surface area contributed by atoms with Crippen LogP contribution in [0.4, 0.5) is 11.5 Å². The quantitative estimate of drug-likeness (QED) is 0.263.